The van der Waals surface area contributed by atoms with E-state index in [0.717, 1.165) is 11.3 Å². The van der Waals surface area contributed by atoms with Crippen molar-refractivity contribution < 1.29 is 5.11 Å². The average molecular weight is 278 g/mol. The highest BCUT2D eigenvalue weighted by atomic mass is 16.3. The van der Waals surface area contributed by atoms with Gasteiger partial charge in [0.2, 0.25) is 0 Å². The van der Waals surface area contributed by atoms with Crippen molar-refractivity contribution in [2.75, 3.05) is 11.9 Å². The zero-order valence-corrected chi connectivity index (χ0v) is 11.6. The van der Waals surface area contributed by atoms with Crippen molar-refractivity contribution in [1.29, 1.82) is 5.26 Å². The van der Waals surface area contributed by atoms with Gasteiger partial charge in [-0.05, 0) is 24.3 Å². The standard InChI is InChI=1S/C16H14N4O/c1-19(13-7-3-2-6-12(13)10-17)16-14(11-21)20-9-5-4-8-15(20)18-16/h2-9,21H,11H2,1H3. The van der Waals surface area contributed by atoms with Crippen LogP contribution in [-0.2, 0) is 6.61 Å². The van der Waals surface area contributed by atoms with Crippen LogP contribution in [0.4, 0.5) is 11.5 Å². The number of anilines is 2. The van der Waals surface area contributed by atoms with Gasteiger partial charge in [0.05, 0.1) is 23.6 Å². The number of aromatic nitrogens is 2. The number of aliphatic hydroxyl groups excluding tert-OH is 1. The molecule has 3 rings (SSSR count). The molecule has 0 aliphatic rings. The normalized spacial score (nSPS) is 10.5. The van der Waals surface area contributed by atoms with Crippen LogP contribution in [0.1, 0.15) is 11.3 Å². The van der Waals surface area contributed by atoms with Crippen molar-refractivity contribution in [3.8, 4) is 6.07 Å². The van der Waals surface area contributed by atoms with Crippen molar-refractivity contribution in [1.82, 2.24) is 9.38 Å². The molecule has 5 heteroatoms. The number of imidazole rings is 1. The maximum atomic E-state index is 9.68. The summed E-state index contributed by atoms with van der Waals surface area (Å²) >= 11 is 0. The summed E-state index contributed by atoms with van der Waals surface area (Å²) in [5.74, 6) is 0.645. The van der Waals surface area contributed by atoms with E-state index in [1.807, 2.05) is 58.9 Å². The van der Waals surface area contributed by atoms with E-state index in [1.165, 1.54) is 0 Å². The summed E-state index contributed by atoms with van der Waals surface area (Å²) in [4.78, 5) is 6.39. The van der Waals surface area contributed by atoms with E-state index in [0.29, 0.717) is 17.1 Å². The minimum Gasteiger partial charge on any atom is -0.390 e. The van der Waals surface area contributed by atoms with Crippen molar-refractivity contribution in [2.24, 2.45) is 0 Å². The number of para-hydroxylation sites is 1. The molecule has 0 fully saturated rings. The molecule has 0 aliphatic heterocycles. The number of fused-ring (bicyclic) bond motifs is 1. The van der Waals surface area contributed by atoms with E-state index >= 15 is 0 Å². The molecule has 0 aliphatic carbocycles. The Morgan fingerprint density at radius 1 is 1.24 bits per heavy atom. The third-order valence-corrected chi connectivity index (χ3v) is 3.46. The third kappa shape index (κ3) is 2.12. The van der Waals surface area contributed by atoms with Gasteiger partial charge in [0.25, 0.3) is 0 Å². The lowest BCUT2D eigenvalue weighted by molar-refractivity contribution is 0.276. The third-order valence-electron chi connectivity index (χ3n) is 3.46. The molecule has 104 valence electrons. The molecule has 3 aromatic rings. The van der Waals surface area contributed by atoms with E-state index in [-0.39, 0.29) is 6.61 Å². The number of nitriles is 1. The number of pyridine rings is 1. The molecule has 1 N–H and O–H groups in total. The fourth-order valence-electron chi connectivity index (χ4n) is 2.42. The van der Waals surface area contributed by atoms with Gasteiger partial charge in [-0.25, -0.2) is 4.98 Å². The van der Waals surface area contributed by atoms with Crippen molar-refractivity contribution >= 4 is 17.2 Å². The molecule has 0 saturated heterocycles. The Labute approximate surface area is 122 Å². The Kier molecular flexibility index (Phi) is 3.30. The van der Waals surface area contributed by atoms with Gasteiger partial charge in [-0.1, -0.05) is 18.2 Å². The molecular weight excluding hydrogens is 264 g/mol. The van der Waals surface area contributed by atoms with E-state index in [2.05, 4.69) is 11.1 Å². The molecule has 0 bridgehead atoms. The van der Waals surface area contributed by atoms with E-state index in [4.69, 9.17) is 0 Å². The zero-order chi connectivity index (χ0) is 14.8. The lowest BCUT2D eigenvalue weighted by Gasteiger charge is -2.19. The Morgan fingerprint density at radius 3 is 2.76 bits per heavy atom. The quantitative estimate of drug-likeness (QED) is 0.799. The van der Waals surface area contributed by atoms with Crippen LogP contribution in [0.5, 0.6) is 0 Å². The summed E-state index contributed by atoms with van der Waals surface area (Å²) < 4.78 is 1.85. The molecule has 0 spiro atoms. The molecule has 0 amide bonds. The van der Waals surface area contributed by atoms with Gasteiger partial charge in [0.15, 0.2) is 5.82 Å². The molecule has 0 atom stereocenters. The molecule has 0 saturated carbocycles. The van der Waals surface area contributed by atoms with Crippen LogP contribution < -0.4 is 4.90 Å². The maximum absolute atomic E-state index is 9.68. The summed E-state index contributed by atoms with van der Waals surface area (Å²) in [6, 6.07) is 15.2. The van der Waals surface area contributed by atoms with Gasteiger partial charge in [0.1, 0.15) is 11.7 Å². The highest BCUT2D eigenvalue weighted by Gasteiger charge is 2.17. The van der Waals surface area contributed by atoms with Gasteiger partial charge in [0, 0.05) is 13.2 Å². The number of rotatable bonds is 3. The van der Waals surface area contributed by atoms with Crippen LogP contribution in [0.2, 0.25) is 0 Å². The fraction of sp³-hybridized carbons (Fsp3) is 0.125. The van der Waals surface area contributed by atoms with Crippen LogP contribution in [0.25, 0.3) is 5.65 Å². The Balaban J connectivity index is 2.18. The predicted molar refractivity (Wildman–Crippen MR) is 80.3 cm³/mol. The second-order valence-electron chi connectivity index (χ2n) is 4.66. The Hall–Kier alpha value is -2.84. The van der Waals surface area contributed by atoms with Gasteiger partial charge in [-0.3, -0.25) is 4.40 Å². The van der Waals surface area contributed by atoms with Crippen LogP contribution in [-0.4, -0.2) is 21.5 Å². The number of nitrogens with zero attached hydrogens (tertiary/aromatic N) is 4. The first-order valence-electron chi connectivity index (χ1n) is 6.56. The van der Waals surface area contributed by atoms with E-state index in [1.54, 1.807) is 6.07 Å². The molecule has 0 radical (unpaired) electrons. The number of hydrogen-bond acceptors (Lipinski definition) is 4. The summed E-state index contributed by atoms with van der Waals surface area (Å²) in [7, 11) is 1.84. The first-order chi connectivity index (χ1) is 10.3. The van der Waals surface area contributed by atoms with Crippen LogP contribution >= 0.6 is 0 Å². The van der Waals surface area contributed by atoms with Crippen LogP contribution in [0.15, 0.2) is 48.7 Å². The maximum Gasteiger partial charge on any atom is 0.157 e. The molecule has 2 aromatic heterocycles. The van der Waals surface area contributed by atoms with Crippen LogP contribution in [0, 0.1) is 11.3 Å². The summed E-state index contributed by atoms with van der Waals surface area (Å²) in [5, 5.41) is 18.9. The first-order valence-corrected chi connectivity index (χ1v) is 6.56. The van der Waals surface area contributed by atoms with Gasteiger partial charge in [-0.15, -0.1) is 0 Å². The molecule has 0 unspecified atom stereocenters. The number of benzene rings is 1. The molecule has 2 heterocycles. The predicted octanol–water partition coefficient (Wildman–Crippen LogP) is 2.47. The van der Waals surface area contributed by atoms with Crippen molar-refractivity contribution in [2.45, 2.75) is 6.61 Å². The van der Waals surface area contributed by atoms with E-state index < -0.39 is 0 Å². The summed E-state index contributed by atoms with van der Waals surface area (Å²) in [6.45, 7) is -0.125. The van der Waals surface area contributed by atoms with Crippen molar-refractivity contribution in [3.05, 3.63) is 59.9 Å². The smallest absolute Gasteiger partial charge is 0.157 e. The first kappa shape index (κ1) is 13.2. The van der Waals surface area contributed by atoms with E-state index in [9.17, 15) is 10.4 Å². The zero-order valence-electron chi connectivity index (χ0n) is 11.6. The second kappa shape index (κ2) is 5.27. The largest absolute Gasteiger partial charge is 0.390 e. The highest BCUT2D eigenvalue weighted by Crippen LogP contribution is 2.29. The minimum absolute atomic E-state index is 0.125. The highest BCUT2D eigenvalue weighted by molar-refractivity contribution is 5.70. The SMILES string of the molecule is CN(c1ccccc1C#N)c1nc2ccccn2c1CO. The molecule has 21 heavy (non-hydrogen) atoms. The summed E-state index contributed by atoms with van der Waals surface area (Å²) in [6.07, 6.45) is 1.86. The molecule has 1 aromatic carbocycles. The topological polar surface area (TPSA) is 64.6 Å². The number of hydrogen-bond donors (Lipinski definition) is 1. The minimum atomic E-state index is -0.125. The van der Waals surface area contributed by atoms with Crippen LogP contribution in [0.3, 0.4) is 0 Å². The summed E-state index contributed by atoms with van der Waals surface area (Å²) in [5.41, 5.74) is 2.79. The Morgan fingerprint density at radius 2 is 2.00 bits per heavy atom. The average Bonchev–Trinajstić information content (AvgIpc) is 2.92. The second-order valence-corrected chi connectivity index (χ2v) is 4.66. The van der Waals surface area contributed by atoms with Crippen molar-refractivity contribution in [3.63, 3.8) is 0 Å². The monoisotopic (exact) mass is 278 g/mol. The lowest BCUT2D eigenvalue weighted by atomic mass is 10.2. The number of aliphatic hydroxyl groups is 1. The van der Waals surface area contributed by atoms with Gasteiger partial charge >= 0.3 is 0 Å². The lowest BCUT2D eigenvalue weighted by Crippen LogP contribution is -2.13. The molecule has 5 nitrogen and oxygen atoms in total. The van der Waals surface area contributed by atoms with Gasteiger partial charge in [-0.2, -0.15) is 5.26 Å². The molecular formula is C16H14N4O. The van der Waals surface area contributed by atoms with Gasteiger partial charge < -0.3 is 10.0 Å². The Bertz CT molecular complexity index is 832. The fourth-order valence-corrected chi connectivity index (χ4v) is 2.42.